The third kappa shape index (κ3) is 5.48. The predicted molar refractivity (Wildman–Crippen MR) is 117 cm³/mol. The molecule has 29 heavy (non-hydrogen) atoms. The smallest absolute Gasteiger partial charge is 0.319 e. The van der Waals surface area contributed by atoms with Gasteiger partial charge in [0.05, 0.1) is 6.61 Å². The molecule has 0 saturated heterocycles. The third-order valence-electron chi connectivity index (χ3n) is 4.55. The quantitative estimate of drug-likeness (QED) is 0.368. The third-order valence-corrected chi connectivity index (χ3v) is 5.73. The number of hydrogen-bond donors (Lipinski definition) is 0. The molecule has 3 aromatic rings. The van der Waals surface area contributed by atoms with Gasteiger partial charge in [0.1, 0.15) is 11.1 Å². The summed E-state index contributed by atoms with van der Waals surface area (Å²) in [4.78, 5) is 12.4. The Morgan fingerprint density at radius 3 is 2.45 bits per heavy atom. The van der Waals surface area contributed by atoms with Crippen LogP contribution in [0, 0.1) is 6.92 Å². The minimum atomic E-state index is -0.294. The number of carbonyl (C=O) groups excluding carboxylic acids is 1. The van der Waals surface area contributed by atoms with E-state index in [9.17, 15) is 4.79 Å². The van der Waals surface area contributed by atoms with Crippen LogP contribution in [0.15, 0.2) is 59.8 Å². The second-order valence-electron chi connectivity index (χ2n) is 6.88. The topological polar surface area (TPSA) is 57.0 Å². The molecule has 0 spiro atoms. The zero-order valence-corrected chi connectivity index (χ0v) is 18.0. The summed E-state index contributed by atoms with van der Waals surface area (Å²) in [5.74, 6) is 0.657. The number of carbonyl (C=O) groups is 1. The second kappa shape index (κ2) is 10.3. The van der Waals surface area contributed by atoms with E-state index in [-0.39, 0.29) is 11.2 Å². The molecule has 0 N–H and O–H groups in total. The number of benzene rings is 2. The van der Waals surface area contributed by atoms with Crippen molar-refractivity contribution in [3.05, 3.63) is 71.5 Å². The van der Waals surface area contributed by atoms with Crippen molar-refractivity contribution >= 4 is 17.7 Å². The molecule has 0 aliphatic rings. The van der Waals surface area contributed by atoms with Crippen molar-refractivity contribution < 1.29 is 9.53 Å². The number of nitrogens with zero attached hydrogens (tertiary/aromatic N) is 3. The summed E-state index contributed by atoms with van der Waals surface area (Å²) in [7, 11) is 0. The largest absolute Gasteiger partial charge is 0.465 e. The van der Waals surface area contributed by atoms with E-state index < -0.39 is 0 Å². The highest BCUT2D eigenvalue weighted by molar-refractivity contribution is 8.00. The van der Waals surface area contributed by atoms with Crippen molar-refractivity contribution in [3.8, 4) is 5.69 Å². The second-order valence-corrected chi connectivity index (χ2v) is 8.05. The summed E-state index contributed by atoms with van der Waals surface area (Å²) in [6.07, 6.45) is 2.30. The molecule has 1 aromatic heterocycles. The number of esters is 1. The number of aryl methyl sites for hydroxylation is 1. The number of aromatic nitrogens is 3. The van der Waals surface area contributed by atoms with Gasteiger partial charge in [-0.2, -0.15) is 0 Å². The Morgan fingerprint density at radius 2 is 1.79 bits per heavy atom. The molecule has 6 heteroatoms. The Labute approximate surface area is 176 Å². The molecule has 1 heterocycles. The van der Waals surface area contributed by atoms with Crippen LogP contribution in [0.3, 0.4) is 0 Å². The van der Waals surface area contributed by atoms with Gasteiger partial charge in [0, 0.05) is 12.1 Å². The Kier molecular flexibility index (Phi) is 7.47. The number of ether oxygens (including phenoxy) is 1. The van der Waals surface area contributed by atoms with Gasteiger partial charge in [0.15, 0.2) is 5.16 Å². The molecule has 1 atom stereocenters. The van der Waals surface area contributed by atoms with Gasteiger partial charge in [-0.1, -0.05) is 73.1 Å². The van der Waals surface area contributed by atoms with Crippen molar-refractivity contribution in [1.82, 2.24) is 14.8 Å². The Morgan fingerprint density at radius 1 is 1.07 bits per heavy atom. The van der Waals surface area contributed by atoms with Gasteiger partial charge in [-0.25, -0.2) is 0 Å². The fourth-order valence-electron chi connectivity index (χ4n) is 3.07. The summed E-state index contributed by atoms with van der Waals surface area (Å²) in [5, 5.41) is 9.33. The lowest BCUT2D eigenvalue weighted by atomic mass is 10.1. The van der Waals surface area contributed by atoms with E-state index in [1.54, 1.807) is 0 Å². The molecule has 0 saturated carbocycles. The standard InChI is InChI=1S/C23H27N3O2S/c1-4-9-20(22(27)28-5-2)29-23-25-24-21(16-18-10-7-6-8-11-18)26(23)19-14-12-17(3)13-15-19/h6-8,10-15,20H,4-5,9,16H2,1-3H3. The van der Waals surface area contributed by atoms with Crippen LogP contribution in [0.25, 0.3) is 5.69 Å². The highest BCUT2D eigenvalue weighted by Gasteiger charge is 2.25. The lowest BCUT2D eigenvalue weighted by Gasteiger charge is -2.15. The number of hydrogen-bond acceptors (Lipinski definition) is 5. The van der Waals surface area contributed by atoms with Crippen molar-refractivity contribution in [2.75, 3.05) is 6.61 Å². The van der Waals surface area contributed by atoms with Crippen LogP contribution in [0.5, 0.6) is 0 Å². The lowest BCUT2D eigenvalue weighted by molar-refractivity contribution is -0.142. The van der Waals surface area contributed by atoms with Crippen LogP contribution >= 0.6 is 11.8 Å². The van der Waals surface area contributed by atoms with E-state index in [2.05, 4.69) is 65.0 Å². The summed E-state index contributed by atoms with van der Waals surface area (Å²) in [6.45, 7) is 6.34. The van der Waals surface area contributed by atoms with E-state index in [4.69, 9.17) is 4.74 Å². The maximum Gasteiger partial charge on any atom is 0.319 e. The van der Waals surface area contributed by atoms with Crippen molar-refractivity contribution in [2.24, 2.45) is 0 Å². The highest BCUT2D eigenvalue weighted by Crippen LogP contribution is 2.29. The minimum absolute atomic E-state index is 0.192. The van der Waals surface area contributed by atoms with Gasteiger partial charge in [-0.3, -0.25) is 9.36 Å². The maximum absolute atomic E-state index is 12.4. The molecule has 1 unspecified atom stereocenters. The van der Waals surface area contributed by atoms with Crippen molar-refractivity contribution in [3.63, 3.8) is 0 Å². The molecule has 2 aromatic carbocycles. The molecule has 0 aliphatic heterocycles. The molecule has 0 radical (unpaired) electrons. The Bertz CT molecular complexity index is 923. The van der Waals surface area contributed by atoms with Gasteiger partial charge >= 0.3 is 5.97 Å². The summed E-state index contributed by atoms with van der Waals surface area (Å²) in [5.41, 5.74) is 3.35. The average molecular weight is 410 g/mol. The summed E-state index contributed by atoms with van der Waals surface area (Å²) < 4.78 is 7.33. The monoisotopic (exact) mass is 409 g/mol. The van der Waals surface area contributed by atoms with Crippen LogP contribution in [-0.4, -0.2) is 32.6 Å². The summed E-state index contributed by atoms with van der Waals surface area (Å²) in [6, 6.07) is 18.5. The minimum Gasteiger partial charge on any atom is -0.465 e. The first-order chi connectivity index (χ1) is 14.1. The Hall–Kier alpha value is -2.60. The first-order valence-electron chi connectivity index (χ1n) is 10.0. The van der Waals surface area contributed by atoms with Gasteiger partial charge < -0.3 is 4.74 Å². The number of thioether (sulfide) groups is 1. The highest BCUT2D eigenvalue weighted by atomic mass is 32.2. The molecule has 152 valence electrons. The maximum atomic E-state index is 12.4. The van der Waals surface area contributed by atoms with Gasteiger partial charge in [-0.15, -0.1) is 10.2 Å². The molecule has 0 fully saturated rings. The Balaban J connectivity index is 1.97. The first-order valence-corrected chi connectivity index (χ1v) is 10.9. The van der Waals surface area contributed by atoms with Crippen molar-refractivity contribution in [1.29, 1.82) is 0 Å². The molecule has 3 rings (SSSR count). The molecule has 5 nitrogen and oxygen atoms in total. The van der Waals surface area contributed by atoms with Crippen LogP contribution in [-0.2, 0) is 16.0 Å². The van der Waals surface area contributed by atoms with E-state index in [1.807, 2.05) is 25.1 Å². The SMILES string of the molecule is CCCC(Sc1nnc(Cc2ccccc2)n1-c1ccc(C)cc1)C(=O)OCC. The fourth-order valence-corrected chi connectivity index (χ4v) is 4.25. The van der Waals surface area contributed by atoms with Crippen LogP contribution in [0.4, 0.5) is 0 Å². The predicted octanol–water partition coefficient (Wildman–Crippen LogP) is 4.99. The van der Waals surface area contributed by atoms with Gasteiger partial charge in [0.25, 0.3) is 0 Å². The normalized spacial score (nSPS) is 12.0. The molecule has 0 bridgehead atoms. The zero-order valence-electron chi connectivity index (χ0n) is 17.2. The van der Waals surface area contributed by atoms with Crippen molar-refractivity contribution in [2.45, 2.75) is 50.4 Å². The first kappa shape index (κ1) is 21.1. The van der Waals surface area contributed by atoms with Gasteiger partial charge in [-0.05, 0) is 38.0 Å². The molecule has 0 aliphatic carbocycles. The molecular formula is C23H27N3O2S. The lowest BCUT2D eigenvalue weighted by Crippen LogP contribution is -2.21. The molecule has 0 amide bonds. The van der Waals surface area contributed by atoms with Crippen LogP contribution in [0.2, 0.25) is 0 Å². The van der Waals surface area contributed by atoms with E-state index in [0.717, 1.165) is 24.4 Å². The van der Waals surface area contributed by atoms with Gasteiger partial charge in [0.2, 0.25) is 0 Å². The number of rotatable bonds is 9. The molecular weight excluding hydrogens is 382 g/mol. The van der Waals surface area contributed by atoms with E-state index >= 15 is 0 Å². The fraction of sp³-hybridized carbons (Fsp3) is 0.348. The van der Waals surface area contributed by atoms with Crippen LogP contribution < -0.4 is 0 Å². The zero-order chi connectivity index (χ0) is 20.6. The summed E-state index contributed by atoms with van der Waals surface area (Å²) >= 11 is 1.43. The van der Waals surface area contributed by atoms with E-state index in [0.29, 0.717) is 18.2 Å². The average Bonchev–Trinajstić information content (AvgIpc) is 3.11. The van der Waals surface area contributed by atoms with Crippen LogP contribution in [0.1, 0.15) is 43.6 Å². The van der Waals surface area contributed by atoms with E-state index in [1.165, 1.54) is 22.9 Å².